The van der Waals surface area contributed by atoms with E-state index in [4.69, 9.17) is 20.8 Å². The molecule has 0 aliphatic rings. The lowest BCUT2D eigenvalue weighted by molar-refractivity contribution is -0.145. The Labute approximate surface area is 313 Å². The third kappa shape index (κ3) is 15.8. The number of hydrogen-bond donors (Lipinski definition) is 0. The maximum Gasteiger partial charge on any atom is 0.401 e. The fraction of sp³-hybridized carbons (Fsp3) is 0.769. The number of nitrogens with zero attached hydrogens (tertiary/aromatic N) is 5. The quantitative estimate of drug-likeness (QED) is 0.0368. The van der Waals surface area contributed by atoms with E-state index in [-0.39, 0.29) is 69.9 Å². The van der Waals surface area contributed by atoms with Gasteiger partial charge in [-0.05, 0) is 19.3 Å². The van der Waals surface area contributed by atoms with E-state index in [2.05, 4.69) is 25.7 Å². The summed E-state index contributed by atoms with van der Waals surface area (Å²) < 4.78 is 19.6. The Hall–Kier alpha value is -4.15. The van der Waals surface area contributed by atoms with Gasteiger partial charge in [-0.25, -0.2) is 9.59 Å². The molecule has 0 aliphatic carbocycles. The molecule has 0 bridgehead atoms. The number of rotatable bonds is 30. The fourth-order valence-electron chi connectivity index (χ4n) is 6.19. The monoisotopic (exact) mass is 745 g/mol. The van der Waals surface area contributed by atoms with Crippen LogP contribution in [0, 0.1) is 6.57 Å². The summed E-state index contributed by atoms with van der Waals surface area (Å²) in [5.74, 6) is -1.68. The summed E-state index contributed by atoms with van der Waals surface area (Å²) in [6.45, 7) is 13.9. The first-order valence-corrected chi connectivity index (χ1v) is 20.0. The molecule has 0 aliphatic heterocycles. The van der Waals surface area contributed by atoms with Gasteiger partial charge >= 0.3 is 34.8 Å². The summed E-state index contributed by atoms with van der Waals surface area (Å²) in [6.07, 6.45) is 17.6. The molecule has 2 aromatic rings. The first-order valence-electron chi connectivity index (χ1n) is 20.0. The Kier molecular flexibility index (Phi) is 22.6. The highest BCUT2D eigenvalue weighted by atomic mass is 16.5. The van der Waals surface area contributed by atoms with Crippen LogP contribution in [0.4, 0.5) is 0 Å². The number of imidazole rings is 1. The maximum atomic E-state index is 13.9. The number of unbranched alkanes of at least 4 members (excludes halogenated alkanes) is 15. The van der Waals surface area contributed by atoms with Crippen LogP contribution in [-0.4, -0.2) is 56.1 Å². The molecule has 14 heteroatoms. The molecule has 14 nitrogen and oxygen atoms in total. The summed E-state index contributed by atoms with van der Waals surface area (Å²) in [7, 11) is 0. The molecular weight excluding hydrogens is 682 g/mol. The minimum atomic E-state index is -1.04. The SMILES string of the molecule is [C-]#[N+]n1c(=O)c2c(n(CCC(=O)OCCCCCCCC)c1=O)n(CCC(=O)OCCCCCCCC)c(=O)n2CCC(=O)OCCCCCCCC. The number of fused-ring (bicyclic) bond motifs is 1. The molecule has 0 atom stereocenters. The minimum Gasteiger partial charge on any atom is -0.466 e. The molecule has 2 rings (SSSR count). The van der Waals surface area contributed by atoms with Crippen LogP contribution in [-0.2, 0) is 48.2 Å². The van der Waals surface area contributed by atoms with Crippen molar-refractivity contribution in [1.29, 1.82) is 0 Å². The largest absolute Gasteiger partial charge is 0.466 e. The standard InChI is InChI=1S/C39H63N5O9/c1-5-8-11-14-17-20-29-51-32(45)23-26-41-35-36(42(38(41)49)27-24-33(46)52-30-21-18-15-12-9-6-2)43(39(50)44(40-4)37(35)48)28-25-34(47)53-31-22-19-16-13-10-7-3/h5-31H2,1-3H3. The normalized spacial score (nSPS) is 11.1. The predicted octanol–water partition coefficient (Wildman–Crippen LogP) is 6.69. The van der Waals surface area contributed by atoms with Gasteiger partial charge in [-0.15, -0.1) is 4.95 Å². The van der Waals surface area contributed by atoms with Crippen molar-refractivity contribution in [3.8, 4) is 0 Å². The molecule has 53 heavy (non-hydrogen) atoms. The van der Waals surface area contributed by atoms with Gasteiger partial charge in [0, 0.05) is 19.6 Å². The second-order valence-corrected chi connectivity index (χ2v) is 13.6. The van der Waals surface area contributed by atoms with Gasteiger partial charge in [-0.2, -0.15) is 6.57 Å². The molecule has 2 heterocycles. The molecule has 0 aromatic carbocycles. The number of hydrogen-bond acceptors (Lipinski definition) is 9. The second kappa shape index (κ2) is 26.6. The average molecular weight is 746 g/mol. The van der Waals surface area contributed by atoms with Crippen LogP contribution in [0.5, 0.6) is 0 Å². The lowest BCUT2D eigenvalue weighted by Crippen LogP contribution is -2.38. The molecule has 0 unspecified atom stereocenters. The summed E-state index contributed by atoms with van der Waals surface area (Å²) in [4.78, 5) is 82.1. The summed E-state index contributed by atoms with van der Waals surface area (Å²) in [5, 5.41) is 0. The summed E-state index contributed by atoms with van der Waals surface area (Å²) >= 11 is 0. The van der Waals surface area contributed by atoms with E-state index >= 15 is 0 Å². The first-order chi connectivity index (χ1) is 25.7. The van der Waals surface area contributed by atoms with Gasteiger partial charge in [0.05, 0.1) is 43.8 Å². The van der Waals surface area contributed by atoms with Gasteiger partial charge in [0.1, 0.15) is 0 Å². The average Bonchev–Trinajstić information content (AvgIpc) is 3.42. The van der Waals surface area contributed by atoms with Gasteiger partial charge in [-0.3, -0.25) is 32.9 Å². The molecule has 0 radical (unpaired) electrons. The van der Waals surface area contributed by atoms with Crippen molar-refractivity contribution in [2.75, 3.05) is 19.8 Å². The van der Waals surface area contributed by atoms with Crippen LogP contribution < -0.4 is 16.9 Å². The van der Waals surface area contributed by atoms with E-state index < -0.39 is 34.8 Å². The number of carbonyl (C=O) groups excluding carboxylic acids is 3. The number of esters is 3. The van der Waals surface area contributed by atoms with Crippen LogP contribution >= 0.6 is 0 Å². The Morgan fingerprint density at radius 1 is 0.509 bits per heavy atom. The Balaban J connectivity index is 2.29. The van der Waals surface area contributed by atoms with E-state index in [9.17, 15) is 28.8 Å². The van der Waals surface area contributed by atoms with E-state index in [1.54, 1.807) is 0 Å². The molecule has 2 aromatic heterocycles. The zero-order valence-electron chi connectivity index (χ0n) is 32.5. The smallest absolute Gasteiger partial charge is 0.401 e. The van der Waals surface area contributed by atoms with Gasteiger partial charge in [0.2, 0.25) is 0 Å². The van der Waals surface area contributed by atoms with Crippen molar-refractivity contribution < 1.29 is 28.6 Å². The highest BCUT2D eigenvalue weighted by Gasteiger charge is 2.27. The molecule has 0 spiro atoms. The van der Waals surface area contributed by atoms with Crippen molar-refractivity contribution in [1.82, 2.24) is 18.4 Å². The third-order valence-corrected chi connectivity index (χ3v) is 9.26. The fourth-order valence-corrected chi connectivity index (χ4v) is 6.19. The molecule has 298 valence electrons. The lowest BCUT2D eigenvalue weighted by atomic mass is 10.1. The summed E-state index contributed by atoms with van der Waals surface area (Å²) in [6, 6.07) is 0. The third-order valence-electron chi connectivity index (χ3n) is 9.26. The van der Waals surface area contributed by atoms with Gasteiger partial charge in [-0.1, -0.05) is 117 Å². The van der Waals surface area contributed by atoms with Crippen LogP contribution in [0.15, 0.2) is 14.4 Å². The predicted molar refractivity (Wildman–Crippen MR) is 204 cm³/mol. The zero-order chi connectivity index (χ0) is 38.8. The van der Waals surface area contributed by atoms with Gasteiger partial charge in [0.25, 0.3) is 0 Å². The van der Waals surface area contributed by atoms with Crippen molar-refractivity contribution in [2.24, 2.45) is 0 Å². The Bertz CT molecular complexity index is 1630. The number of carbonyl (C=O) groups is 3. The molecule has 0 N–H and O–H groups in total. The lowest BCUT2D eigenvalue weighted by Gasteiger charge is -2.11. The topological polar surface area (TPSA) is 154 Å². The molecule has 0 fully saturated rings. The van der Waals surface area contributed by atoms with Crippen LogP contribution in [0.2, 0.25) is 0 Å². The van der Waals surface area contributed by atoms with Gasteiger partial charge in [0.15, 0.2) is 11.2 Å². The molecule has 0 saturated heterocycles. The number of aryl methyl sites for hydroxylation is 3. The van der Waals surface area contributed by atoms with Crippen LogP contribution in [0.25, 0.3) is 16.1 Å². The van der Waals surface area contributed by atoms with Crippen molar-refractivity contribution in [3.05, 3.63) is 42.8 Å². The molecular formula is C39H63N5O9. The molecule has 0 amide bonds. The van der Waals surface area contributed by atoms with Gasteiger partial charge < -0.3 is 14.2 Å². The molecule has 0 saturated carbocycles. The van der Waals surface area contributed by atoms with E-state index in [0.29, 0.717) is 23.9 Å². The van der Waals surface area contributed by atoms with Crippen LogP contribution in [0.1, 0.15) is 156 Å². The second-order valence-electron chi connectivity index (χ2n) is 13.6. The van der Waals surface area contributed by atoms with Crippen LogP contribution in [0.3, 0.4) is 0 Å². The highest BCUT2D eigenvalue weighted by Crippen LogP contribution is 2.13. The minimum absolute atomic E-state index is 0.141. The van der Waals surface area contributed by atoms with Crippen molar-refractivity contribution in [2.45, 2.75) is 175 Å². The van der Waals surface area contributed by atoms with Crippen molar-refractivity contribution >= 4 is 29.1 Å². The van der Waals surface area contributed by atoms with E-state index in [1.807, 2.05) is 0 Å². The van der Waals surface area contributed by atoms with E-state index in [0.717, 1.165) is 110 Å². The first kappa shape index (κ1) is 45.0. The zero-order valence-corrected chi connectivity index (χ0v) is 32.5. The van der Waals surface area contributed by atoms with Crippen molar-refractivity contribution in [3.63, 3.8) is 0 Å². The number of ether oxygens (including phenoxy) is 3. The Morgan fingerprint density at radius 2 is 0.849 bits per heavy atom. The highest BCUT2D eigenvalue weighted by molar-refractivity contribution is 5.74. The Morgan fingerprint density at radius 3 is 1.23 bits per heavy atom. The number of aromatic nitrogens is 4. The maximum absolute atomic E-state index is 13.9. The van der Waals surface area contributed by atoms with E-state index in [1.165, 1.54) is 0 Å². The summed E-state index contributed by atoms with van der Waals surface area (Å²) in [5.41, 5.74) is -3.24.